The van der Waals surface area contributed by atoms with Gasteiger partial charge < -0.3 is 0 Å². The Kier molecular flexibility index (Phi) is 3.47. The fourth-order valence-corrected chi connectivity index (χ4v) is 23.7. The number of hydrogen-bond acceptors (Lipinski definition) is 0. The Balaban J connectivity index is 1.59. The molecule has 144 valence electrons. The first-order valence-corrected chi connectivity index (χ1v) is 20.9. The molecule has 0 N–H and O–H groups in total. The molecule has 0 unspecified atom stereocenters. The zero-order chi connectivity index (χ0) is 17.9. The maximum absolute atomic E-state index is 2.89. The van der Waals surface area contributed by atoms with E-state index in [1.54, 1.807) is 25.7 Å². The molecule has 6 bridgehead atoms. The Hall–Kier alpha value is 0.0187. The molecule has 0 amide bonds. The molecule has 0 aromatic rings. The molecule has 9 aliphatic carbocycles. The molecule has 1 heteroatoms. The second-order valence-corrected chi connectivity index (χ2v) is 24.1. The third-order valence-electron chi connectivity index (χ3n) is 10.4. The van der Waals surface area contributed by atoms with E-state index >= 15 is 0 Å². The zero-order valence-corrected chi connectivity index (χ0v) is 20.3. The first kappa shape index (κ1) is 16.8. The van der Waals surface area contributed by atoms with E-state index in [1.807, 2.05) is 11.1 Å². The van der Waals surface area contributed by atoms with Crippen molar-refractivity contribution in [2.75, 3.05) is 0 Å². The molecule has 0 aromatic heterocycles. The van der Waals surface area contributed by atoms with Crippen LogP contribution in [0, 0.1) is 35.5 Å². The van der Waals surface area contributed by atoms with Gasteiger partial charge in [0.1, 0.15) is 0 Å². The van der Waals surface area contributed by atoms with Crippen molar-refractivity contribution in [2.24, 2.45) is 35.5 Å². The summed E-state index contributed by atoms with van der Waals surface area (Å²) in [5.74, 6) is 5.90. The first-order valence-electron chi connectivity index (χ1n) is 12.4. The van der Waals surface area contributed by atoms with Gasteiger partial charge in [-0.05, 0) is 0 Å². The van der Waals surface area contributed by atoms with Crippen LogP contribution in [0.1, 0.15) is 77.0 Å². The number of rotatable bonds is 0. The summed E-state index contributed by atoms with van der Waals surface area (Å²) in [4.78, 5) is 5.78. The maximum atomic E-state index is 2.89. The molecule has 0 spiro atoms. The van der Waals surface area contributed by atoms with Crippen molar-refractivity contribution in [2.45, 2.75) is 86.9 Å². The van der Waals surface area contributed by atoms with Crippen molar-refractivity contribution in [1.82, 2.24) is 0 Å². The van der Waals surface area contributed by atoms with E-state index < -0.39 is 18.4 Å². The summed E-state index contributed by atoms with van der Waals surface area (Å²) in [6.45, 7) is 0. The Morgan fingerprint density at radius 1 is 0.407 bits per heavy atom. The molecule has 3 fully saturated rings. The van der Waals surface area contributed by atoms with Crippen LogP contribution in [0.5, 0.6) is 0 Å². The van der Waals surface area contributed by atoms with Gasteiger partial charge in [-0.1, -0.05) is 0 Å². The van der Waals surface area contributed by atoms with Crippen LogP contribution in [0.15, 0.2) is 29.5 Å². The average molecular weight is 467 g/mol. The molecule has 0 saturated heterocycles. The van der Waals surface area contributed by atoms with Gasteiger partial charge in [-0.3, -0.25) is 0 Å². The molecule has 1 aliphatic heterocycles. The zero-order valence-electron chi connectivity index (χ0n) is 17.4. The van der Waals surface area contributed by atoms with Gasteiger partial charge in [0.25, 0.3) is 0 Å². The summed E-state index contributed by atoms with van der Waals surface area (Å²) in [7, 11) is 0. The molecule has 10 aliphatic rings. The van der Waals surface area contributed by atoms with Crippen LogP contribution >= 0.6 is 0 Å². The van der Waals surface area contributed by atoms with Crippen LogP contribution in [0.25, 0.3) is 0 Å². The van der Waals surface area contributed by atoms with Gasteiger partial charge in [0, 0.05) is 0 Å². The molecule has 0 radical (unpaired) electrons. The SMILES string of the molecule is [CH3][Sn]1([CH3])[C]2=C(C3=C(C4=[C]1C1CCC4CC1)C1CCC3CC1)C1CCC2CC1. The van der Waals surface area contributed by atoms with E-state index in [4.69, 9.17) is 0 Å². The Labute approximate surface area is 169 Å². The summed E-state index contributed by atoms with van der Waals surface area (Å²) >= 11 is -2.41. The van der Waals surface area contributed by atoms with Crippen LogP contribution in [0.2, 0.25) is 9.88 Å². The van der Waals surface area contributed by atoms with Gasteiger partial charge >= 0.3 is 170 Å². The van der Waals surface area contributed by atoms with Gasteiger partial charge in [-0.2, -0.15) is 0 Å². The summed E-state index contributed by atoms with van der Waals surface area (Å²) in [6, 6.07) is 0. The van der Waals surface area contributed by atoms with Crippen LogP contribution in [-0.4, -0.2) is 18.4 Å². The number of allylic oxidation sites excluding steroid dienone is 6. The Morgan fingerprint density at radius 2 is 0.667 bits per heavy atom. The van der Waals surface area contributed by atoms with E-state index in [0.717, 1.165) is 35.5 Å². The Bertz CT molecular complexity index is 731. The average Bonchev–Trinajstić information content (AvgIpc) is 2.85. The predicted octanol–water partition coefficient (Wildman–Crippen LogP) is 7.14. The fraction of sp³-hybridized carbons (Fsp3) is 0.769. The fourth-order valence-electron chi connectivity index (χ4n) is 9.63. The third-order valence-corrected chi connectivity index (χ3v) is 22.0. The summed E-state index contributed by atoms with van der Waals surface area (Å²) in [6.07, 6.45) is 18.5. The topological polar surface area (TPSA) is 0 Å². The second-order valence-electron chi connectivity index (χ2n) is 11.8. The molecule has 27 heavy (non-hydrogen) atoms. The number of fused-ring (bicyclic) bond motifs is 6. The van der Waals surface area contributed by atoms with Crippen molar-refractivity contribution in [3.8, 4) is 0 Å². The molecule has 0 nitrogen and oxygen atoms in total. The van der Waals surface area contributed by atoms with E-state index in [-0.39, 0.29) is 0 Å². The van der Waals surface area contributed by atoms with E-state index in [9.17, 15) is 0 Å². The summed E-state index contributed by atoms with van der Waals surface area (Å²) < 4.78 is 4.40. The minimum atomic E-state index is -2.41. The van der Waals surface area contributed by atoms with Gasteiger partial charge in [0.15, 0.2) is 0 Å². The van der Waals surface area contributed by atoms with Gasteiger partial charge in [0.2, 0.25) is 0 Å². The minimum absolute atomic E-state index is 0.962. The molecule has 10 rings (SSSR count). The van der Waals surface area contributed by atoms with Crippen LogP contribution in [0.3, 0.4) is 0 Å². The Morgan fingerprint density at radius 3 is 1.00 bits per heavy atom. The number of hydrogen-bond donors (Lipinski definition) is 0. The van der Waals surface area contributed by atoms with Crippen molar-refractivity contribution >= 4 is 18.4 Å². The normalized spacial score (nSPS) is 46.4. The second kappa shape index (κ2) is 5.58. The predicted molar refractivity (Wildman–Crippen MR) is 115 cm³/mol. The van der Waals surface area contributed by atoms with E-state index in [1.165, 1.54) is 51.4 Å². The monoisotopic (exact) mass is 468 g/mol. The summed E-state index contributed by atoms with van der Waals surface area (Å²) in [5.41, 5.74) is 8.25. The third kappa shape index (κ3) is 2.03. The molecule has 1 heterocycles. The van der Waals surface area contributed by atoms with Gasteiger partial charge in [-0.25, -0.2) is 0 Å². The van der Waals surface area contributed by atoms with Crippen molar-refractivity contribution < 1.29 is 0 Å². The summed E-state index contributed by atoms with van der Waals surface area (Å²) in [5, 5.41) is 0. The van der Waals surface area contributed by atoms with Gasteiger partial charge in [-0.15, -0.1) is 0 Å². The quantitative estimate of drug-likeness (QED) is 0.333. The first-order chi connectivity index (χ1) is 13.1. The van der Waals surface area contributed by atoms with Crippen molar-refractivity contribution in [3.05, 3.63) is 29.5 Å². The standard InChI is InChI=1S/C24H30.2CH3.Sn/c1-5-17-6-2-15(1)13-21(17)23-19-9-11-20(12-10-19)24(23)22-14-16-3-7-18(22)8-4-16;;;/h15-20H,1-12H2;2*1H3;. The van der Waals surface area contributed by atoms with Crippen LogP contribution in [-0.2, 0) is 0 Å². The van der Waals surface area contributed by atoms with Crippen molar-refractivity contribution in [3.63, 3.8) is 0 Å². The molecule has 3 saturated carbocycles. The van der Waals surface area contributed by atoms with Crippen LogP contribution < -0.4 is 0 Å². The molecule has 0 atom stereocenters. The molecular weight excluding hydrogens is 431 g/mol. The van der Waals surface area contributed by atoms with Crippen LogP contribution in [0.4, 0.5) is 0 Å². The molecular formula is C26H36Sn. The molecule has 0 aromatic carbocycles. The van der Waals surface area contributed by atoms with Gasteiger partial charge in [0.05, 0.1) is 0 Å². The van der Waals surface area contributed by atoms with E-state index in [0.29, 0.717) is 0 Å². The van der Waals surface area contributed by atoms with Crippen molar-refractivity contribution in [1.29, 1.82) is 0 Å². The van der Waals surface area contributed by atoms with E-state index in [2.05, 4.69) is 28.2 Å².